The molecule has 0 bridgehead atoms. The molecule has 3 aromatic heterocycles. The number of hydrogen-bond donors (Lipinski definition) is 0. The molecule has 3 heteroatoms. The highest BCUT2D eigenvalue weighted by molar-refractivity contribution is 6.20. The number of nitrogens with zero attached hydrogens (tertiary/aromatic N) is 3. The lowest BCUT2D eigenvalue weighted by molar-refractivity contribution is 1.13. The molecule has 0 amide bonds. The van der Waals surface area contributed by atoms with E-state index in [0.717, 1.165) is 72.2 Å². The summed E-state index contributed by atoms with van der Waals surface area (Å²) in [6.45, 7) is 0. The van der Waals surface area contributed by atoms with Crippen molar-refractivity contribution in [2.45, 2.75) is 0 Å². The Kier molecular flexibility index (Phi) is 8.90. The molecule has 3 heterocycles. The second-order valence-electron chi connectivity index (χ2n) is 18.0. The highest BCUT2D eigenvalue weighted by atomic mass is 15.0. The van der Waals surface area contributed by atoms with Crippen molar-refractivity contribution in [2.24, 2.45) is 0 Å². The monoisotopic (exact) mass is 877 g/mol. The van der Waals surface area contributed by atoms with Crippen molar-refractivity contribution in [1.82, 2.24) is 13.7 Å². The molecule has 0 spiro atoms. The van der Waals surface area contributed by atoms with Crippen LogP contribution in [-0.2, 0) is 0 Å². The van der Waals surface area contributed by atoms with Crippen molar-refractivity contribution in [3.05, 3.63) is 261 Å². The summed E-state index contributed by atoms with van der Waals surface area (Å²) in [7, 11) is 0. The predicted octanol–water partition coefficient (Wildman–Crippen LogP) is 17.7. The van der Waals surface area contributed by atoms with E-state index < -0.39 is 0 Å². The Morgan fingerprint density at radius 1 is 0.217 bits per heavy atom. The Bertz CT molecular complexity index is 4260. The summed E-state index contributed by atoms with van der Waals surface area (Å²) >= 11 is 0. The zero-order chi connectivity index (χ0) is 45.4. The molecule has 0 radical (unpaired) electrons. The molecule has 0 N–H and O–H groups in total. The average Bonchev–Trinajstić information content (AvgIpc) is 3.95. The smallest absolute Gasteiger partial charge is 0.0640 e. The van der Waals surface area contributed by atoms with Crippen LogP contribution in [0.15, 0.2) is 261 Å². The predicted molar refractivity (Wildman–Crippen MR) is 293 cm³/mol. The SMILES string of the molecule is c1ccc(-c2ccc(-n3c4ccccc4c4cc(-n5c6ccccc6c6ccccc65)ccc43)c(-c3ccccc3)c2-n2c3ccccc3c3ccccc3c3ccccc3c3ccccc32)cc1. The topological polar surface area (TPSA) is 14.8 Å². The maximum atomic E-state index is 2.58. The number of hydrogen-bond acceptors (Lipinski definition) is 0. The van der Waals surface area contributed by atoms with E-state index in [1.165, 1.54) is 54.1 Å². The summed E-state index contributed by atoms with van der Waals surface area (Å²) < 4.78 is 7.51. The largest absolute Gasteiger partial charge is 0.309 e. The fourth-order valence-corrected chi connectivity index (χ4v) is 11.4. The van der Waals surface area contributed by atoms with Crippen molar-refractivity contribution in [3.63, 3.8) is 0 Å². The Morgan fingerprint density at radius 3 is 1.06 bits per heavy atom. The zero-order valence-electron chi connectivity index (χ0n) is 37.7. The molecule has 0 saturated carbocycles. The van der Waals surface area contributed by atoms with Crippen molar-refractivity contribution in [2.75, 3.05) is 0 Å². The van der Waals surface area contributed by atoms with Crippen LogP contribution >= 0.6 is 0 Å². The van der Waals surface area contributed by atoms with Gasteiger partial charge in [0.05, 0.1) is 44.5 Å². The van der Waals surface area contributed by atoms with Gasteiger partial charge >= 0.3 is 0 Å². The molecule has 0 atom stereocenters. The van der Waals surface area contributed by atoms with Crippen molar-refractivity contribution in [3.8, 4) is 39.3 Å². The maximum Gasteiger partial charge on any atom is 0.0640 e. The van der Waals surface area contributed by atoms with Crippen LogP contribution < -0.4 is 0 Å². The first kappa shape index (κ1) is 39.0. The van der Waals surface area contributed by atoms with Gasteiger partial charge in [-0.15, -0.1) is 0 Å². The summed E-state index contributed by atoms with van der Waals surface area (Å²) in [5.74, 6) is 0. The van der Waals surface area contributed by atoms with Crippen LogP contribution in [0.2, 0.25) is 0 Å². The summed E-state index contributed by atoms with van der Waals surface area (Å²) in [5, 5.41) is 12.0. The number of para-hydroxylation sites is 5. The van der Waals surface area contributed by atoms with Gasteiger partial charge in [-0.2, -0.15) is 0 Å². The highest BCUT2D eigenvalue weighted by Gasteiger charge is 2.25. The van der Waals surface area contributed by atoms with Gasteiger partial charge in [-0.3, -0.25) is 0 Å². The summed E-state index contributed by atoms with van der Waals surface area (Å²) in [5.41, 5.74) is 14.8. The van der Waals surface area contributed by atoms with Crippen molar-refractivity contribution >= 4 is 87.0 Å². The zero-order valence-corrected chi connectivity index (χ0v) is 37.7. The quantitative estimate of drug-likeness (QED) is 0.164. The maximum absolute atomic E-state index is 2.58. The average molecular weight is 878 g/mol. The van der Waals surface area contributed by atoms with Gasteiger partial charge in [-0.05, 0) is 87.3 Å². The van der Waals surface area contributed by atoms with Gasteiger partial charge in [-0.1, -0.05) is 206 Å². The van der Waals surface area contributed by atoms with E-state index in [4.69, 9.17) is 0 Å². The van der Waals surface area contributed by atoms with Crippen LogP contribution in [0, 0.1) is 0 Å². The number of fused-ring (bicyclic) bond motifs is 13. The van der Waals surface area contributed by atoms with Crippen LogP contribution in [0.1, 0.15) is 0 Å². The van der Waals surface area contributed by atoms with Crippen LogP contribution in [0.3, 0.4) is 0 Å². The molecule has 322 valence electrons. The van der Waals surface area contributed by atoms with E-state index >= 15 is 0 Å². The van der Waals surface area contributed by atoms with Gasteiger partial charge in [0.1, 0.15) is 0 Å². The lowest BCUT2D eigenvalue weighted by atomic mass is 9.93. The van der Waals surface area contributed by atoms with E-state index in [-0.39, 0.29) is 0 Å². The highest BCUT2D eigenvalue weighted by Crippen LogP contribution is 2.46. The summed E-state index contributed by atoms with van der Waals surface area (Å²) in [6.07, 6.45) is 0. The van der Waals surface area contributed by atoms with Gasteiger partial charge in [0.25, 0.3) is 0 Å². The fraction of sp³-hybridized carbons (Fsp3) is 0. The van der Waals surface area contributed by atoms with E-state index in [9.17, 15) is 0 Å². The number of aromatic nitrogens is 3. The van der Waals surface area contributed by atoms with Gasteiger partial charge in [0, 0.05) is 49.1 Å². The van der Waals surface area contributed by atoms with E-state index in [2.05, 4.69) is 275 Å². The molecule has 0 fully saturated rings. The molecule has 14 rings (SSSR count). The normalized spacial score (nSPS) is 11.8. The Balaban J connectivity index is 1.18. The molecule has 0 saturated heterocycles. The van der Waals surface area contributed by atoms with Crippen molar-refractivity contribution in [1.29, 1.82) is 0 Å². The fourth-order valence-electron chi connectivity index (χ4n) is 11.4. The molecular formula is C66H43N3. The van der Waals surface area contributed by atoms with Gasteiger partial charge in [0.15, 0.2) is 0 Å². The van der Waals surface area contributed by atoms with E-state index in [0.29, 0.717) is 0 Å². The first-order valence-corrected chi connectivity index (χ1v) is 23.8. The molecule has 0 unspecified atom stereocenters. The molecule has 69 heavy (non-hydrogen) atoms. The standard InChI is InChI=1S/C66H43N3/c1-3-21-44(22-4-1)47-40-42-64(68-60-36-18-15-33-56(60)57-43-46(39-41-63(57)68)67-58-34-16-13-31-54(58)55-32-14-17-35-59(55)67)65(45-23-5-2-6-24-45)66(47)69-61-37-19-11-29-52(61)50-27-9-7-25-48(50)49-26-8-10-28-51(49)53-30-12-20-38-62(53)69/h1-43H. The van der Waals surface area contributed by atoms with Crippen LogP contribution in [0.25, 0.3) is 126 Å². The molecule has 0 aliphatic rings. The summed E-state index contributed by atoms with van der Waals surface area (Å²) in [4.78, 5) is 0. The minimum absolute atomic E-state index is 1.10. The molecule has 11 aromatic carbocycles. The number of rotatable bonds is 5. The van der Waals surface area contributed by atoms with E-state index in [1.807, 2.05) is 0 Å². The third kappa shape index (κ3) is 6.01. The van der Waals surface area contributed by atoms with Crippen molar-refractivity contribution < 1.29 is 0 Å². The minimum Gasteiger partial charge on any atom is -0.309 e. The Labute approximate surface area is 398 Å². The minimum atomic E-state index is 1.10. The molecule has 0 aliphatic heterocycles. The molecular weight excluding hydrogens is 835 g/mol. The van der Waals surface area contributed by atoms with Gasteiger partial charge in [0.2, 0.25) is 0 Å². The van der Waals surface area contributed by atoms with Crippen LogP contribution in [0.5, 0.6) is 0 Å². The number of benzene rings is 11. The second kappa shape index (κ2) is 15.7. The first-order chi connectivity index (χ1) is 34.3. The van der Waals surface area contributed by atoms with Gasteiger partial charge < -0.3 is 13.7 Å². The third-order valence-electron chi connectivity index (χ3n) is 14.3. The Morgan fingerprint density at radius 2 is 0.565 bits per heavy atom. The molecule has 3 nitrogen and oxygen atoms in total. The van der Waals surface area contributed by atoms with Crippen LogP contribution in [0.4, 0.5) is 0 Å². The second-order valence-corrected chi connectivity index (χ2v) is 18.0. The van der Waals surface area contributed by atoms with Crippen LogP contribution in [-0.4, -0.2) is 13.7 Å². The molecule has 0 aliphatic carbocycles. The lowest BCUT2D eigenvalue weighted by Gasteiger charge is -2.25. The Hall–Kier alpha value is -9.18. The van der Waals surface area contributed by atoms with Gasteiger partial charge in [-0.25, -0.2) is 0 Å². The van der Waals surface area contributed by atoms with E-state index in [1.54, 1.807) is 0 Å². The molecule has 14 aromatic rings. The lowest BCUT2D eigenvalue weighted by Crippen LogP contribution is -2.07. The third-order valence-corrected chi connectivity index (χ3v) is 14.3. The summed E-state index contributed by atoms with van der Waals surface area (Å²) in [6, 6.07) is 96.0. The first-order valence-electron chi connectivity index (χ1n) is 23.8.